The molecule has 0 aliphatic carbocycles. The molecular weight excluding hydrogens is 533 g/mol. The Labute approximate surface area is 232 Å². The molecule has 3 aromatic carbocycles. The van der Waals surface area contributed by atoms with Gasteiger partial charge in [0.05, 0.1) is 33.1 Å². The minimum Gasteiger partial charge on any atom is -0.494 e. The highest BCUT2D eigenvalue weighted by Crippen LogP contribution is 2.32. The standard InChI is InChI=1S/C30H32FN3O5S/c1-3-34(4-2)16-17-40(38,39)24-12-10-23(11-13-24)32-29(21-7-5-6-20(18-21)8-15-27(35)36)28-25-14-9-22(31)19-26(25)33-30(28)37/h5-7,9-14,18-19,33,37H,3-4,8,15-17H2,1-2H3,(H,35,36). The van der Waals surface area contributed by atoms with Gasteiger partial charge in [-0.25, -0.2) is 17.8 Å². The molecule has 0 unspecified atom stereocenters. The fourth-order valence-corrected chi connectivity index (χ4v) is 5.83. The number of aromatic amines is 1. The molecule has 8 nitrogen and oxygen atoms in total. The monoisotopic (exact) mass is 565 g/mol. The summed E-state index contributed by atoms with van der Waals surface area (Å²) in [4.78, 5) is 20.9. The molecule has 210 valence electrons. The average Bonchev–Trinajstić information content (AvgIpc) is 3.25. The number of benzene rings is 3. The molecule has 0 radical (unpaired) electrons. The number of nitrogens with one attached hydrogen (secondary N) is 1. The number of sulfone groups is 1. The van der Waals surface area contributed by atoms with E-state index < -0.39 is 21.6 Å². The fourth-order valence-electron chi connectivity index (χ4n) is 4.55. The van der Waals surface area contributed by atoms with Crippen molar-refractivity contribution in [2.75, 3.05) is 25.4 Å². The number of H-pyrrole nitrogens is 1. The van der Waals surface area contributed by atoms with E-state index >= 15 is 0 Å². The first-order chi connectivity index (χ1) is 19.1. The number of halogens is 1. The number of carbonyl (C=O) groups is 1. The van der Waals surface area contributed by atoms with Crippen LogP contribution in [0.3, 0.4) is 0 Å². The van der Waals surface area contributed by atoms with E-state index in [0.717, 1.165) is 18.7 Å². The molecule has 1 aromatic heterocycles. The maximum Gasteiger partial charge on any atom is 0.303 e. The van der Waals surface area contributed by atoms with Gasteiger partial charge in [-0.2, -0.15) is 0 Å². The maximum absolute atomic E-state index is 13.9. The molecular formula is C30H32FN3O5S. The van der Waals surface area contributed by atoms with Crippen molar-refractivity contribution in [1.29, 1.82) is 0 Å². The molecule has 10 heteroatoms. The number of aliphatic carboxylic acids is 1. The van der Waals surface area contributed by atoms with Crippen molar-refractivity contribution in [2.24, 2.45) is 4.99 Å². The van der Waals surface area contributed by atoms with Crippen molar-refractivity contribution in [2.45, 2.75) is 31.6 Å². The zero-order valence-corrected chi connectivity index (χ0v) is 23.2. The molecule has 0 amide bonds. The van der Waals surface area contributed by atoms with E-state index in [-0.39, 0.29) is 22.9 Å². The average molecular weight is 566 g/mol. The summed E-state index contributed by atoms with van der Waals surface area (Å²) in [6, 6.07) is 17.5. The van der Waals surface area contributed by atoms with Gasteiger partial charge in [-0.1, -0.05) is 32.0 Å². The second kappa shape index (κ2) is 12.4. The molecule has 40 heavy (non-hydrogen) atoms. The van der Waals surface area contributed by atoms with Gasteiger partial charge >= 0.3 is 5.97 Å². The quantitative estimate of drug-likeness (QED) is 0.200. The number of aromatic nitrogens is 1. The van der Waals surface area contributed by atoms with E-state index in [1.54, 1.807) is 36.4 Å². The number of hydrogen-bond acceptors (Lipinski definition) is 6. The highest BCUT2D eigenvalue weighted by Gasteiger charge is 2.20. The number of carboxylic acids is 1. The Morgan fingerprint density at radius 2 is 1.75 bits per heavy atom. The highest BCUT2D eigenvalue weighted by atomic mass is 32.2. The second-order valence-electron chi connectivity index (χ2n) is 9.43. The van der Waals surface area contributed by atoms with Crippen molar-refractivity contribution < 1.29 is 27.8 Å². The van der Waals surface area contributed by atoms with Crippen molar-refractivity contribution in [3.63, 3.8) is 0 Å². The number of aryl methyl sites for hydroxylation is 1. The fraction of sp³-hybridized carbons (Fsp3) is 0.267. The molecule has 4 aromatic rings. The molecule has 3 N–H and O–H groups in total. The van der Waals surface area contributed by atoms with Gasteiger partial charge in [-0.3, -0.25) is 4.79 Å². The summed E-state index contributed by atoms with van der Waals surface area (Å²) in [7, 11) is -3.49. The molecule has 0 saturated heterocycles. The van der Waals surface area contributed by atoms with Gasteiger partial charge in [0.25, 0.3) is 0 Å². The lowest BCUT2D eigenvalue weighted by Crippen LogP contribution is -2.29. The van der Waals surface area contributed by atoms with Crippen LogP contribution in [-0.4, -0.2) is 65.6 Å². The summed E-state index contributed by atoms with van der Waals surface area (Å²) in [6.07, 6.45) is 0.263. The van der Waals surface area contributed by atoms with Crippen LogP contribution in [-0.2, 0) is 21.1 Å². The van der Waals surface area contributed by atoms with Crippen LogP contribution in [0.2, 0.25) is 0 Å². The van der Waals surface area contributed by atoms with Crippen LogP contribution in [0.5, 0.6) is 5.88 Å². The maximum atomic E-state index is 13.9. The summed E-state index contributed by atoms with van der Waals surface area (Å²) in [6.45, 7) is 5.97. The first-order valence-electron chi connectivity index (χ1n) is 13.1. The van der Waals surface area contributed by atoms with Crippen LogP contribution in [0.25, 0.3) is 10.9 Å². The Morgan fingerprint density at radius 1 is 1.02 bits per heavy atom. The van der Waals surface area contributed by atoms with Gasteiger partial charge in [0.2, 0.25) is 0 Å². The Kier molecular flexibility index (Phi) is 9.01. The molecule has 0 aliphatic heterocycles. The van der Waals surface area contributed by atoms with Crippen molar-refractivity contribution >= 4 is 38.1 Å². The summed E-state index contributed by atoms with van der Waals surface area (Å²) in [5.74, 6) is -1.58. The predicted molar refractivity (Wildman–Crippen MR) is 154 cm³/mol. The first-order valence-corrected chi connectivity index (χ1v) is 14.7. The van der Waals surface area contributed by atoms with Gasteiger partial charge in [0.1, 0.15) is 5.82 Å². The molecule has 1 heterocycles. The zero-order chi connectivity index (χ0) is 28.9. The summed E-state index contributed by atoms with van der Waals surface area (Å²) in [5, 5.41) is 20.5. The van der Waals surface area contributed by atoms with Crippen molar-refractivity contribution in [3.05, 3.63) is 89.2 Å². The number of nitrogens with zero attached hydrogens (tertiary/aromatic N) is 2. The van der Waals surface area contributed by atoms with E-state index in [1.165, 1.54) is 24.3 Å². The number of aliphatic imine (C=N–C) groups is 1. The Hall–Kier alpha value is -4.02. The molecule has 0 saturated carbocycles. The number of rotatable bonds is 12. The molecule has 4 rings (SSSR count). The van der Waals surface area contributed by atoms with Crippen LogP contribution in [0.4, 0.5) is 10.1 Å². The van der Waals surface area contributed by atoms with Gasteiger partial charge in [-0.15, -0.1) is 0 Å². The minimum absolute atomic E-state index is 0.00541. The largest absolute Gasteiger partial charge is 0.494 e. The van der Waals surface area contributed by atoms with Crippen LogP contribution in [0.15, 0.2) is 76.6 Å². The summed E-state index contributed by atoms with van der Waals surface area (Å²) >= 11 is 0. The molecule has 0 aliphatic rings. The number of fused-ring (bicyclic) bond motifs is 1. The summed E-state index contributed by atoms with van der Waals surface area (Å²) in [5.41, 5.74) is 2.93. The van der Waals surface area contributed by atoms with E-state index in [1.807, 2.05) is 24.8 Å². The van der Waals surface area contributed by atoms with E-state index in [0.29, 0.717) is 46.4 Å². The van der Waals surface area contributed by atoms with Gasteiger partial charge in [0.15, 0.2) is 15.7 Å². The van der Waals surface area contributed by atoms with E-state index in [4.69, 9.17) is 10.1 Å². The van der Waals surface area contributed by atoms with Crippen LogP contribution in [0.1, 0.15) is 37.0 Å². The third kappa shape index (κ3) is 6.75. The molecule has 0 bridgehead atoms. The normalized spacial score (nSPS) is 12.3. The van der Waals surface area contributed by atoms with Crippen molar-refractivity contribution in [3.8, 4) is 5.88 Å². The lowest BCUT2D eigenvalue weighted by atomic mass is 9.97. The number of aromatic hydroxyl groups is 1. The van der Waals surface area contributed by atoms with Crippen LogP contribution < -0.4 is 0 Å². The third-order valence-corrected chi connectivity index (χ3v) is 8.52. The predicted octanol–water partition coefficient (Wildman–Crippen LogP) is 5.31. The first kappa shape index (κ1) is 29.0. The topological polar surface area (TPSA) is 123 Å². The van der Waals surface area contributed by atoms with Gasteiger partial charge in [0, 0.05) is 23.9 Å². The Morgan fingerprint density at radius 3 is 2.42 bits per heavy atom. The highest BCUT2D eigenvalue weighted by molar-refractivity contribution is 7.91. The Balaban J connectivity index is 1.76. The van der Waals surface area contributed by atoms with Crippen LogP contribution >= 0.6 is 0 Å². The SMILES string of the molecule is CCN(CC)CCS(=O)(=O)c1ccc(N=C(c2cccc(CCC(=O)O)c2)c2c(O)[nH]c3cc(F)ccc23)cc1. The van der Waals surface area contributed by atoms with Gasteiger partial charge < -0.3 is 20.1 Å². The van der Waals surface area contributed by atoms with Gasteiger partial charge in [-0.05, 0) is 73.6 Å². The van der Waals surface area contributed by atoms with E-state index in [9.17, 15) is 22.7 Å². The third-order valence-electron chi connectivity index (χ3n) is 6.81. The smallest absolute Gasteiger partial charge is 0.303 e. The number of carboxylic acid groups (broad SMARTS) is 1. The van der Waals surface area contributed by atoms with Crippen LogP contribution in [0, 0.1) is 5.82 Å². The summed E-state index contributed by atoms with van der Waals surface area (Å²) < 4.78 is 39.7. The molecule has 0 atom stereocenters. The zero-order valence-electron chi connectivity index (χ0n) is 22.4. The van der Waals surface area contributed by atoms with Crippen molar-refractivity contribution in [1.82, 2.24) is 9.88 Å². The number of hydrogen-bond donors (Lipinski definition) is 3. The van der Waals surface area contributed by atoms with E-state index in [2.05, 4.69) is 4.98 Å². The molecule has 0 spiro atoms. The molecule has 0 fully saturated rings. The Bertz CT molecular complexity index is 1640. The lowest BCUT2D eigenvalue weighted by molar-refractivity contribution is -0.136. The second-order valence-corrected chi connectivity index (χ2v) is 11.5. The minimum atomic E-state index is -3.49. The lowest BCUT2D eigenvalue weighted by Gasteiger charge is -2.17.